The van der Waals surface area contributed by atoms with Gasteiger partial charge in [-0.05, 0) is 30.0 Å². The Kier molecular flexibility index (Phi) is 4.70. The SMILES string of the molecule is CC(C)(CCO)CNC(=O)c1cccc(-n2cccn2)n1. The standard InChI is InChI=1S/C15H20N4O2/c1-15(2,7-10-20)11-16-14(21)12-5-3-6-13(18-12)19-9-4-8-17-19/h3-6,8-9,20H,7,10-11H2,1-2H3,(H,16,21). The minimum absolute atomic E-state index is 0.107. The number of carbonyl (C=O) groups excluding carboxylic acids is 1. The van der Waals surface area contributed by atoms with Gasteiger partial charge in [0.25, 0.3) is 5.91 Å². The summed E-state index contributed by atoms with van der Waals surface area (Å²) in [5.74, 6) is 0.372. The van der Waals surface area contributed by atoms with Gasteiger partial charge in [-0.15, -0.1) is 0 Å². The molecule has 2 N–H and O–H groups in total. The number of hydrogen-bond donors (Lipinski definition) is 2. The Labute approximate surface area is 123 Å². The molecule has 0 aliphatic heterocycles. The summed E-state index contributed by atoms with van der Waals surface area (Å²) in [6.07, 6.45) is 4.06. The Hall–Kier alpha value is -2.21. The Morgan fingerprint density at radius 1 is 1.38 bits per heavy atom. The van der Waals surface area contributed by atoms with Crippen LogP contribution in [0.2, 0.25) is 0 Å². The molecule has 0 bridgehead atoms. The predicted molar refractivity (Wildman–Crippen MR) is 79.2 cm³/mol. The van der Waals surface area contributed by atoms with Gasteiger partial charge < -0.3 is 10.4 Å². The minimum atomic E-state index is -0.227. The van der Waals surface area contributed by atoms with Crippen LogP contribution in [0.1, 0.15) is 30.8 Å². The largest absolute Gasteiger partial charge is 0.396 e. The summed E-state index contributed by atoms with van der Waals surface area (Å²) in [6, 6.07) is 7.03. The molecule has 21 heavy (non-hydrogen) atoms. The molecule has 0 aliphatic carbocycles. The lowest BCUT2D eigenvalue weighted by atomic mass is 9.90. The first-order valence-corrected chi connectivity index (χ1v) is 6.88. The number of nitrogens with one attached hydrogen (secondary N) is 1. The van der Waals surface area contributed by atoms with Crippen LogP contribution in [0, 0.1) is 5.41 Å². The van der Waals surface area contributed by atoms with Crippen molar-refractivity contribution >= 4 is 5.91 Å². The lowest BCUT2D eigenvalue weighted by molar-refractivity contribution is 0.0923. The van der Waals surface area contributed by atoms with Gasteiger partial charge in [-0.1, -0.05) is 19.9 Å². The van der Waals surface area contributed by atoms with E-state index in [4.69, 9.17) is 5.11 Å². The first-order chi connectivity index (χ1) is 10.0. The van der Waals surface area contributed by atoms with E-state index in [0.717, 1.165) is 0 Å². The number of aliphatic hydroxyl groups is 1. The lowest BCUT2D eigenvalue weighted by Crippen LogP contribution is -2.35. The van der Waals surface area contributed by atoms with Gasteiger partial charge in [0.05, 0.1) is 0 Å². The van der Waals surface area contributed by atoms with Crippen LogP contribution in [0.5, 0.6) is 0 Å². The normalized spacial score (nSPS) is 11.4. The van der Waals surface area contributed by atoms with Crippen molar-refractivity contribution < 1.29 is 9.90 Å². The van der Waals surface area contributed by atoms with Gasteiger partial charge >= 0.3 is 0 Å². The molecule has 2 heterocycles. The summed E-state index contributed by atoms with van der Waals surface area (Å²) in [7, 11) is 0. The number of pyridine rings is 1. The predicted octanol–water partition coefficient (Wildman–Crippen LogP) is 1.41. The van der Waals surface area contributed by atoms with Gasteiger partial charge in [-0.2, -0.15) is 5.10 Å². The van der Waals surface area contributed by atoms with Crippen LogP contribution in [-0.4, -0.2) is 38.9 Å². The summed E-state index contributed by atoms with van der Waals surface area (Å²) >= 11 is 0. The fourth-order valence-electron chi connectivity index (χ4n) is 1.88. The molecule has 0 aliphatic rings. The molecular formula is C15H20N4O2. The maximum absolute atomic E-state index is 12.2. The van der Waals surface area contributed by atoms with Gasteiger partial charge in [-0.25, -0.2) is 9.67 Å². The van der Waals surface area contributed by atoms with Crippen LogP contribution in [0.4, 0.5) is 0 Å². The molecule has 0 unspecified atom stereocenters. The van der Waals surface area contributed by atoms with Crippen LogP contribution in [0.3, 0.4) is 0 Å². The van der Waals surface area contributed by atoms with E-state index in [1.165, 1.54) is 0 Å². The maximum Gasteiger partial charge on any atom is 0.269 e. The number of carbonyl (C=O) groups is 1. The maximum atomic E-state index is 12.2. The molecule has 0 aromatic carbocycles. The summed E-state index contributed by atoms with van der Waals surface area (Å²) in [5.41, 5.74) is 0.201. The fourth-order valence-corrected chi connectivity index (χ4v) is 1.88. The molecule has 2 aromatic rings. The first-order valence-electron chi connectivity index (χ1n) is 6.88. The highest BCUT2D eigenvalue weighted by molar-refractivity contribution is 5.92. The second-order valence-corrected chi connectivity index (χ2v) is 5.65. The van der Waals surface area contributed by atoms with E-state index in [-0.39, 0.29) is 17.9 Å². The Balaban J connectivity index is 2.05. The van der Waals surface area contributed by atoms with Crippen molar-refractivity contribution in [1.29, 1.82) is 0 Å². The van der Waals surface area contributed by atoms with Crippen LogP contribution < -0.4 is 5.32 Å². The number of hydrogen-bond acceptors (Lipinski definition) is 4. The van der Waals surface area contributed by atoms with Gasteiger partial charge in [0.1, 0.15) is 5.69 Å². The van der Waals surface area contributed by atoms with Crippen molar-refractivity contribution in [3.05, 3.63) is 42.4 Å². The van der Waals surface area contributed by atoms with E-state index in [9.17, 15) is 4.79 Å². The van der Waals surface area contributed by atoms with E-state index in [1.54, 1.807) is 41.3 Å². The molecule has 1 amide bonds. The molecule has 2 rings (SSSR count). The van der Waals surface area contributed by atoms with Crippen molar-refractivity contribution in [2.24, 2.45) is 5.41 Å². The highest BCUT2D eigenvalue weighted by Gasteiger charge is 2.19. The Bertz CT molecular complexity index is 593. The van der Waals surface area contributed by atoms with E-state index < -0.39 is 0 Å². The van der Waals surface area contributed by atoms with Crippen LogP contribution in [0.15, 0.2) is 36.7 Å². The average molecular weight is 288 g/mol. The van der Waals surface area contributed by atoms with E-state index in [1.807, 2.05) is 13.8 Å². The first kappa shape index (κ1) is 15.2. The second-order valence-electron chi connectivity index (χ2n) is 5.65. The molecule has 0 fully saturated rings. The van der Waals surface area contributed by atoms with Gasteiger partial charge in [0, 0.05) is 25.5 Å². The molecule has 2 aromatic heterocycles. The number of nitrogens with zero attached hydrogens (tertiary/aromatic N) is 3. The minimum Gasteiger partial charge on any atom is -0.396 e. The van der Waals surface area contributed by atoms with E-state index >= 15 is 0 Å². The van der Waals surface area contributed by atoms with Gasteiger partial charge in [0.2, 0.25) is 0 Å². The van der Waals surface area contributed by atoms with Crippen molar-refractivity contribution in [2.45, 2.75) is 20.3 Å². The average Bonchev–Trinajstić information content (AvgIpc) is 2.99. The third-order valence-corrected chi connectivity index (χ3v) is 3.22. The molecule has 112 valence electrons. The third-order valence-electron chi connectivity index (χ3n) is 3.22. The van der Waals surface area contributed by atoms with Crippen molar-refractivity contribution in [3.63, 3.8) is 0 Å². The van der Waals surface area contributed by atoms with Crippen LogP contribution in [-0.2, 0) is 0 Å². The number of aromatic nitrogens is 3. The van der Waals surface area contributed by atoms with Gasteiger partial charge in [0.15, 0.2) is 5.82 Å². The molecule has 0 radical (unpaired) electrons. The third kappa shape index (κ3) is 4.13. The van der Waals surface area contributed by atoms with E-state index in [0.29, 0.717) is 24.5 Å². The number of amides is 1. The molecular weight excluding hydrogens is 268 g/mol. The number of rotatable bonds is 6. The zero-order valence-electron chi connectivity index (χ0n) is 12.3. The summed E-state index contributed by atoms with van der Waals surface area (Å²) in [5, 5.41) is 15.9. The highest BCUT2D eigenvalue weighted by Crippen LogP contribution is 2.18. The van der Waals surface area contributed by atoms with Crippen molar-refractivity contribution in [1.82, 2.24) is 20.1 Å². The number of aliphatic hydroxyl groups excluding tert-OH is 1. The highest BCUT2D eigenvalue weighted by atomic mass is 16.3. The monoisotopic (exact) mass is 288 g/mol. The van der Waals surface area contributed by atoms with Crippen molar-refractivity contribution in [2.75, 3.05) is 13.2 Å². The van der Waals surface area contributed by atoms with Gasteiger partial charge in [-0.3, -0.25) is 4.79 Å². The quantitative estimate of drug-likeness (QED) is 0.842. The zero-order valence-corrected chi connectivity index (χ0v) is 12.3. The molecule has 0 spiro atoms. The molecule has 6 heteroatoms. The second kappa shape index (κ2) is 6.49. The topological polar surface area (TPSA) is 80.0 Å². The summed E-state index contributed by atoms with van der Waals surface area (Å²) < 4.78 is 1.60. The lowest BCUT2D eigenvalue weighted by Gasteiger charge is -2.23. The van der Waals surface area contributed by atoms with Crippen LogP contribution >= 0.6 is 0 Å². The Morgan fingerprint density at radius 2 is 2.19 bits per heavy atom. The smallest absolute Gasteiger partial charge is 0.269 e. The molecule has 6 nitrogen and oxygen atoms in total. The fraction of sp³-hybridized carbons (Fsp3) is 0.400. The van der Waals surface area contributed by atoms with E-state index in [2.05, 4.69) is 15.4 Å². The summed E-state index contributed by atoms with van der Waals surface area (Å²) in [4.78, 5) is 16.5. The summed E-state index contributed by atoms with van der Waals surface area (Å²) in [6.45, 7) is 4.59. The Morgan fingerprint density at radius 3 is 2.86 bits per heavy atom. The van der Waals surface area contributed by atoms with Crippen LogP contribution in [0.25, 0.3) is 5.82 Å². The molecule has 0 saturated carbocycles. The molecule has 0 saturated heterocycles. The zero-order chi connectivity index (χ0) is 15.3. The van der Waals surface area contributed by atoms with Crippen molar-refractivity contribution in [3.8, 4) is 5.82 Å². The molecule has 0 atom stereocenters.